The minimum absolute atomic E-state index is 0.00456. The van der Waals surface area contributed by atoms with Gasteiger partial charge in [-0.3, -0.25) is 4.79 Å². The van der Waals surface area contributed by atoms with Crippen molar-refractivity contribution in [2.75, 3.05) is 5.75 Å². The summed E-state index contributed by atoms with van der Waals surface area (Å²) in [6.07, 6.45) is 6.93. The van der Waals surface area contributed by atoms with Crippen molar-refractivity contribution in [1.29, 1.82) is 0 Å². The van der Waals surface area contributed by atoms with E-state index in [1.165, 1.54) is 18.7 Å². The molecule has 1 aliphatic carbocycles. The van der Waals surface area contributed by atoms with Crippen LogP contribution in [0.2, 0.25) is 0 Å². The zero-order valence-corrected chi connectivity index (χ0v) is 12.2. The fourth-order valence-corrected chi connectivity index (χ4v) is 3.58. The van der Waals surface area contributed by atoms with Crippen LogP contribution in [-0.4, -0.2) is 31.1 Å². The van der Waals surface area contributed by atoms with E-state index in [2.05, 4.69) is 10.3 Å². The summed E-state index contributed by atoms with van der Waals surface area (Å²) < 4.78 is 24.0. The Morgan fingerprint density at radius 1 is 1.25 bits per heavy atom. The highest BCUT2D eigenvalue weighted by Crippen LogP contribution is 2.17. The molecule has 0 aromatic carbocycles. The highest BCUT2D eigenvalue weighted by Gasteiger charge is 2.20. The van der Waals surface area contributed by atoms with E-state index in [4.69, 9.17) is 0 Å². The SMILES string of the molecule is O=C(CCS(=O)(=O)c1ccccn1)NC1CCCCC1. The Morgan fingerprint density at radius 3 is 2.65 bits per heavy atom. The Labute approximate surface area is 119 Å². The molecule has 1 saturated carbocycles. The van der Waals surface area contributed by atoms with Gasteiger partial charge in [-0.1, -0.05) is 25.3 Å². The van der Waals surface area contributed by atoms with Gasteiger partial charge in [0.05, 0.1) is 5.75 Å². The zero-order chi connectivity index (χ0) is 14.4. The molecule has 0 unspecified atom stereocenters. The van der Waals surface area contributed by atoms with Gasteiger partial charge in [0.1, 0.15) is 0 Å². The van der Waals surface area contributed by atoms with Crippen LogP contribution in [0.1, 0.15) is 38.5 Å². The first-order valence-corrected chi connectivity index (χ1v) is 8.66. The van der Waals surface area contributed by atoms with E-state index in [9.17, 15) is 13.2 Å². The molecule has 110 valence electrons. The van der Waals surface area contributed by atoms with Crippen LogP contribution >= 0.6 is 0 Å². The lowest BCUT2D eigenvalue weighted by Crippen LogP contribution is -2.36. The minimum Gasteiger partial charge on any atom is -0.353 e. The molecule has 0 radical (unpaired) electrons. The van der Waals surface area contributed by atoms with Gasteiger partial charge in [0.25, 0.3) is 0 Å². The molecular weight excluding hydrogens is 276 g/mol. The Kier molecular flexibility index (Phi) is 5.11. The lowest BCUT2D eigenvalue weighted by molar-refractivity contribution is -0.121. The number of hydrogen-bond donors (Lipinski definition) is 1. The van der Waals surface area contributed by atoms with Gasteiger partial charge in [-0.15, -0.1) is 0 Å². The van der Waals surface area contributed by atoms with E-state index in [1.54, 1.807) is 12.1 Å². The molecule has 0 aliphatic heterocycles. The largest absolute Gasteiger partial charge is 0.353 e. The van der Waals surface area contributed by atoms with Gasteiger partial charge in [0, 0.05) is 18.7 Å². The summed E-state index contributed by atoms with van der Waals surface area (Å²) in [5.74, 6) is -0.376. The Hall–Kier alpha value is -1.43. The van der Waals surface area contributed by atoms with Crippen LogP contribution in [0.3, 0.4) is 0 Å². The van der Waals surface area contributed by atoms with Gasteiger partial charge in [0.2, 0.25) is 5.91 Å². The van der Waals surface area contributed by atoms with Gasteiger partial charge in [-0.25, -0.2) is 13.4 Å². The average Bonchev–Trinajstić information content (AvgIpc) is 2.47. The van der Waals surface area contributed by atoms with Crippen LogP contribution in [0.15, 0.2) is 29.4 Å². The highest BCUT2D eigenvalue weighted by molar-refractivity contribution is 7.91. The molecule has 1 aromatic heterocycles. The maximum atomic E-state index is 12.0. The quantitative estimate of drug-likeness (QED) is 0.897. The molecule has 1 amide bonds. The molecule has 1 fully saturated rings. The van der Waals surface area contributed by atoms with Crippen LogP contribution in [0.4, 0.5) is 0 Å². The van der Waals surface area contributed by atoms with Gasteiger partial charge in [-0.05, 0) is 25.0 Å². The van der Waals surface area contributed by atoms with Crippen molar-refractivity contribution < 1.29 is 13.2 Å². The Bertz CT molecular complexity index is 537. The monoisotopic (exact) mass is 296 g/mol. The van der Waals surface area contributed by atoms with E-state index in [-0.39, 0.29) is 29.1 Å². The summed E-state index contributed by atoms with van der Waals surface area (Å²) >= 11 is 0. The fraction of sp³-hybridized carbons (Fsp3) is 0.571. The number of sulfone groups is 1. The first-order chi connectivity index (χ1) is 9.58. The second kappa shape index (κ2) is 6.83. The summed E-state index contributed by atoms with van der Waals surface area (Å²) in [5.41, 5.74) is 0. The number of nitrogens with zero attached hydrogens (tertiary/aromatic N) is 1. The summed E-state index contributed by atoms with van der Waals surface area (Å²) in [6, 6.07) is 4.96. The number of carbonyl (C=O) groups excluding carboxylic acids is 1. The Morgan fingerprint density at radius 2 is 2.00 bits per heavy atom. The smallest absolute Gasteiger partial charge is 0.221 e. The number of pyridine rings is 1. The van der Waals surface area contributed by atoms with Crippen LogP contribution in [0, 0.1) is 0 Å². The van der Waals surface area contributed by atoms with Crippen LogP contribution in [0.5, 0.6) is 0 Å². The summed E-state index contributed by atoms with van der Waals surface area (Å²) in [6.45, 7) is 0. The van der Waals surface area contributed by atoms with E-state index in [0.29, 0.717) is 0 Å². The third kappa shape index (κ3) is 4.30. The van der Waals surface area contributed by atoms with Crippen molar-refractivity contribution in [3.05, 3.63) is 24.4 Å². The van der Waals surface area contributed by atoms with E-state index >= 15 is 0 Å². The third-order valence-electron chi connectivity index (χ3n) is 3.52. The minimum atomic E-state index is -3.47. The summed E-state index contributed by atoms with van der Waals surface area (Å²) in [4.78, 5) is 15.6. The molecule has 0 saturated heterocycles. The molecule has 6 heteroatoms. The van der Waals surface area contributed by atoms with Crippen molar-refractivity contribution in [2.45, 2.75) is 49.6 Å². The molecule has 1 N–H and O–H groups in total. The topological polar surface area (TPSA) is 76.1 Å². The highest BCUT2D eigenvalue weighted by atomic mass is 32.2. The summed E-state index contributed by atoms with van der Waals surface area (Å²) in [7, 11) is -3.47. The third-order valence-corrected chi connectivity index (χ3v) is 5.14. The van der Waals surface area contributed by atoms with Crippen LogP contribution < -0.4 is 5.32 Å². The molecule has 2 rings (SSSR count). The van der Waals surface area contributed by atoms with Crippen molar-refractivity contribution in [3.8, 4) is 0 Å². The second-order valence-corrected chi connectivity index (χ2v) is 7.20. The standard InChI is InChI=1S/C14H20N2O3S/c17-13(16-12-6-2-1-3-7-12)9-11-20(18,19)14-8-4-5-10-15-14/h4-5,8,10,12H,1-3,6-7,9,11H2,(H,16,17). The molecule has 0 atom stereocenters. The number of rotatable bonds is 5. The van der Waals surface area contributed by atoms with Crippen LogP contribution in [-0.2, 0) is 14.6 Å². The van der Waals surface area contributed by atoms with Gasteiger partial charge in [-0.2, -0.15) is 0 Å². The fourth-order valence-electron chi connectivity index (χ4n) is 2.41. The van der Waals surface area contributed by atoms with E-state index < -0.39 is 9.84 Å². The molecule has 5 nitrogen and oxygen atoms in total. The van der Waals surface area contributed by atoms with E-state index in [0.717, 1.165) is 25.7 Å². The normalized spacial score (nSPS) is 16.8. The molecule has 1 aliphatic rings. The predicted octanol–water partition coefficient (Wildman–Crippen LogP) is 1.69. The maximum absolute atomic E-state index is 12.0. The predicted molar refractivity (Wildman–Crippen MR) is 75.9 cm³/mol. The van der Waals surface area contributed by atoms with Crippen molar-refractivity contribution in [1.82, 2.24) is 10.3 Å². The molecule has 1 aromatic rings. The lowest BCUT2D eigenvalue weighted by atomic mass is 9.95. The molecular formula is C14H20N2O3S. The van der Waals surface area contributed by atoms with Gasteiger partial charge < -0.3 is 5.32 Å². The average molecular weight is 296 g/mol. The first kappa shape index (κ1) is 15.0. The molecule has 1 heterocycles. The molecule has 0 bridgehead atoms. The Balaban J connectivity index is 1.83. The number of hydrogen-bond acceptors (Lipinski definition) is 4. The van der Waals surface area contributed by atoms with Crippen molar-refractivity contribution in [3.63, 3.8) is 0 Å². The lowest BCUT2D eigenvalue weighted by Gasteiger charge is -2.22. The first-order valence-electron chi connectivity index (χ1n) is 7.01. The molecule has 0 spiro atoms. The number of nitrogens with one attached hydrogen (secondary N) is 1. The van der Waals surface area contributed by atoms with Crippen molar-refractivity contribution in [2.24, 2.45) is 0 Å². The maximum Gasteiger partial charge on any atom is 0.221 e. The molecule has 20 heavy (non-hydrogen) atoms. The zero-order valence-electron chi connectivity index (χ0n) is 11.4. The van der Waals surface area contributed by atoms with E-state index in [1.807, 2.05) is 0 Å². The van der Waals surface area contributed by atoms with Gasteiger partial charge >= 0.3 is 0 Å². The second-order valence-electron chi connectivity index (χ2n) is 5.14. The number of carbonyl (C=O) groups is 1. The number of amides is 1. The van der Waals surface area contributed by atoms with Gasteiger partial charge in [0.15, 0.2) is 14.9 Å². The van der Waals surface area contributed by atoms with Crippen LogP contribution in [0.25, 0.3) is 0 Å². The number of aromatic nitrogens is 1. The van der Waals surface area contributed by atoms with Crippen molar-refractivity contribution >= 4 is 15.7 Å². The summed E-state index contributed by atoms with van der Waals surface area (Å²) in [5, 5.41) is 2.95.